The molecule has 0 bridgehead atoms. The van der Waals surface area contributed by atoms with Gasteiger partial charge in [-0.1, -0.05) is 50.5 Å². The van der Waals surface area contributed by atoms with E-state index in [2.05, 4.69) is 50.2 Å². The number of hydrogen-bond acceptors (Lipinski definition) is 2. The first-order valence-electron chi connectivity index (χ1n) is 7.54. The SMILES string of the molecule is CCCc1cccc(C(O)C2(N(C)C)CCCC2)c1. The summed E-state index contributed by atoms with van der Waals surface area (Å²) in [5, 5.41) is 10.9. The van der Waals surface area contributed by atoms with Crippen LogP contribution in [0.15, 0.2) is 24.3 Å². The van der Waals surface area contributed by atoms with Crippen molar-refractivity contribution in [3.8, 4) is 0 Å². The van der Waals surface area contributed by atoms with Gasteiger partial charge < -0.3 is 10.0 Å². The Bertz CT molecular complexity index is 407. The first-order valence-corrected chi connectivity index (χ1v) is 7.54. The molecule has 0 heterocycles. The summed E-state index contributed by atoms with van der Waals surface area (Å²) in [5.41, 5.74) is 2.36. The second kappa shape index (κ2) is 6.06. The fourth-order valence-corrected chi connectivity index (χ4v) is 3.47. The smallest absolute Gasteiger partial charge is 0.0973 e. The molecule has 2 nitrogen and oxygen atoms in total. The molecule has 1 aromatic carbocycles. The van der Waals surface area contributed by atoms with Crippen molar-refractivity contribution in [1.82, 2.24) is 4.90 Å². The normalized spacial score (nSPS) is 19.8. The summed E-state index contributed by atoms with van der Waals surface area (Å²) >= 11 is 0. The van der Waals surface area contributed by atoms with Crippen LogP contribution < -0.4 is 0 Å². The van der Waals surface area contributed by atoms with Crippen LogP contribution in [-0.2, 0) is 6.42 Å². The van der Waals surface area contributed by atoms with Gasteiger partial charge in [-0.3, -0.25) is 0 Å². The van der Waals surface area contributed by atoms with Crippen LogP contribution in [0.25, 0.3) is 0 Å². The number of likely N-dealkylation sites (N-methyl/N-ethyl adjacent to an activating group) is 1. The molecule has 19 heavy (non-hydrogen) atoms. The van der Waals surface area contributed by atoms with Crippen molar-refractivity contribution in [3.63, 3.8) is 0 Å². The Hall–Kier alpha value is -0.860. The fraction of sp³-hybridized carbons (Fsp3) is 0.647. The second-order valence-electron chi connectivity index (χ2n) is 6.10. The molecule has 0 spiro atoms. The largest absolute Gasteiger partial charge is 0.386 e. The Morgan fingerprint density at radius 3 is 2.53 bits per heavy atom. The van der Waals surface area contributed by atoms with E-state index < -0.39 is 0 Å². The monoisotopic (exact) mass is 261 g/mol. The van der Waals surface area contributed by atoms with E-state index in [-0.39, 0.29) is 11.6 Å². The van der Waals surface area contributed by atoms with Gasteiger partial charge >= 0.3 is 0 Å². The molecule has 1 unspecified atom stereocenters. The summed E-state index contributed by atoms with van der Waals surface area (Å²) in [6.07, 6.45) is 6.52. The van der Waals surface area contributed by atoms with Crippen LogP contribution in [0.2, 0.25) is 0 Å². The zero-order chi connectivity index (χ0) is 13.9. The molecule has 1 fully saturated rings. The number of aryl methyl sites for hydroxylation is 1. The molecular weight excluding hydrogens is 234 g/mol. The van der Waals surface area contributed by atoms with Crippen LogP contribution in [0.1, 0.15) is 56.3 Å². The molecule has 2 rings (SSSR count). The summed E-state index contributed by atoms with van der Waals surface area (Å²) in [7, 11) is 4.20. The lowest BCUT2D eigenvalue weighted by Gasteiger charge is -2.41. The third-order valence-electron chi connectivity index (χ3n) is 4.67. The van der Waals surface area contributed by atoms with Crippen molar-refractivity contribution < 1.29 is 5.11 Å². The van der Waals surface area contributed by atoms with E-state index in [1.807, 2.05) is 0 Å². The lowest BCUT2D eigenvalue weighted by atomic mass is 9.84. The molecule has 0 saturated heterocycles. The highest BCUT2D eigenvalue weighted by Gasteiger charge is 2.43. The molecular formula is C17H27NO. The van der Waals surface area contributed by atoms with E-state index >= 15 is 0 Å². The van der Waals surface area contributed by atoms with Gasteiger partial charge in [0.2, 0.25) is 0 Å². The van der Waals surface area contributed by atoms with Crippen LogP contribution >= 0.6 is 0 Å². The molecule has 0 radical (unpaired) electrons. The van der Waals surface area contributed by atoms with Crippen molar-refractivity contribution in [3.05, 3.63) is 35.4 Å². The average Bonchev–Trinajstić information content (AvgIpc) is 2.89. The van der Waals surface area contributed by atoms with Gasteiger partial charge in [-0.05, 0) is 44.5 Å². The first kappa shape index (κ1) is 14.5. The topological polar surface area (TPSA) is 23.5 Å². The fourth-order valence-electron chi connectivity index (χ4n) is 3.47. The van der Waals surface area contributed by atoms with Crippen molar-refractivity contribution in [2.75, 3.05) is 14.1 Å². The molecule has 0 aromatic heterocycles. The molecule has 0 amide bonds. The number of hydrogen-bond donors (Lipinski definition) is 1. The van der Waals surface area contributed by atoms with Gasteiger partial charge in [-0.2, -0.15) is 0 Å². The third kappa shape index (κ3) is 2.85. The van der Waals surface area contributed by atoms with E-state index in [1.54, 1.807) is 0 Å². The van der Waals surface area contributed by atoms with Gasteiger partial charge in [0.1, 0.15) is 0 Å². The van der Waals surface area contributed by atoms with Gasteiger partial charge in [0.25, 0.3) is 0 Å². The van der Waals surface area contributed by atoms with E-state index in [1.165, 1.54) is 18.4 Å². The summed E-state index contributed by atoms with van der Waals surface area (Å²) in [4.78, 5) is 2.23. The number of aliphatic hydroxyl groups excluding tert-OH is 1. The zero-order valence-corrected chi connectivity index (χ0v) is 12.5. The predicted octanol–water partition coefficient (Wildman–Crippen LogP) is 3.55. The summed E-state index contributed by atoms with van der Waals surface area (Å²) < 4.78 is 0. The predicted molar refractivity (Wildman–Crippen MR) is 80.3 cm³/mol. The maximum Gasteiger partial charge on any atom is 0.0973 e. The number of nitrogens with zero attached hydrogens (tertiary/aromatic N) is 1. The summed E-state index contributed by atoms with van der Waals surface area (Å²) in [5.74, 6) is 0. The number of rotatable bonds is 5. The Labute approximate surface area is 117 Å². The third-order valence-corrected chi connectivity index (χ3v) is 4.67. The minimum atomic E-state index is -0.373. The molecule has 1 aromatic rings. The molecule has 1 aliphatic carbocycles. The van der Waals surface area contributed by atoms with Crippen molar-refractivity contribution >= 4 is 0 Å². The van der Waals surface area contributed by atoms with Crippen LogP contribution in [-0.4, -0.2) is 29.6 Å². The minimum Gasteiger partial charge on any atom is -0.386 e. The highest BCUT2D eigenvalue weighted by Crippen LogP contribution is 2.43. The van der Waals surface area contributed by atoms with E-state index in [0.29, 0.717) is 0 Å². The highest BCUT2D eigenvalue weighted by atomic mass is 16.3. The molecule has 0 aliphatic heterocycles. The van der Waals surface area contributed by atoms with Crippen LogP contribution in [0, 0.1) is 0 Å². The van der Waals surface area contributed by atoms with Crippen LogP contribution in [0.5, 0.6) is 0 Å². The molecule has 1 atom stereocenters. The van der Waals surface area contributed by atoms with Crippen molar-refractivity contribution in [1.29, 1.82) is 0 Å². The second-order valence-corrected chi connectivity index (χ2v) is 6.10. The Morgan fingerprint density at radius 2 is 1.95 bits per heavy atom. The maximum atomic E-state index is 10.9. The van der Waals surface area contributed by atoms with Crippen LogP contribution in [0.3, 0.4) is 0 Å². The maximum absolute atomic E-state index is 10.9. The standard InChI is InChI=1S/C17H27NO/c1-4-8-14-9-7-10-15(13-14)16(19)17(18(2)3)11-5-6-12-17/h7,9-10,13,16,19H,4-6,8,11-12H2,1-3H3. The van der Waals surface area contributed by atoms with Gasteiger partial charge in [0.15, 0.2) is 0 Å². The van der Waals surface area contributed by atoms with Gasteiger partial charge in [0.05, 0.1) is 11.6 Å². The average molecular weight is 261 g/mol. The van der Waals surface area contributed by atoms with Crippen LogP contribution in [0.4, 0.5) is 0 Å². The van der Waals surface area contributed by atoms with Gasteiger partial charge in [-0.15, -0.1) is 0 Å². The Kier molecular flexibility index (Phi) is 4.64. The summed E-state index contributed by atoms with van der Waals surface area (Å²) in [6.45, 7) is 2.20. The quantitative estimate of drug-likeness (QED) is 0.876. The highest BCUT2D eigenvalue weighted by molar-refractivity contribution is 5.28. The first-order chi connectivity index (χ1) is 9.10. The van der Waals surface area contributed by atoms with Gasteiger partial charge in [0, 0.05) is 0 Å². The Morgan fingerprint density at radius 1 is 1.26 bits per heavy atom. The molecule has 2 heteroatoms. The molecule has 1 saturated carbocycles. The van der Waals surface area contributed by atoms with Crippen molar-refractivity contribution in [2.24, 2.45) is 0 Å². The van der Waals surface area contributed by atoms with E-state index in [9.17, 15) is 5.11 Å². The molecule has 1 N–H and O–H groups in total. The number of aliphatic hydroxyl groups is 1. The van der Waals surface area contributed by atoms with Crippen molar-refractivity contribution in [2.45, 2.75) is 57.1 Å². The lowest BCUT2D eigenvalue weighted by Crippen LogP contribution is -2.47. The minimum absolute atomic E-state index is 0.0646. The Balaban J connectivity index is 2.26. The van der Waals surface area contributed by atoms with E-state index in [4.69, 9.17) is 0 Å². The number of benzene rings is 1. The zero-order valence-electron chi connectivity index (χ0n) is 12.5. The summed E-state index contributed by atoms with van der Waals surface area (Å²) in [6, 6.07) is 8.52. The molecule has 106 valence electrons. The van der Waals surface area contributed by atoms with Gasteiger partial charge in [-0.25, -0.2) is 0 Å². The van der Waals surface area contributed by atoms with E-state index in [0.717, 1.165) is 31.2 Å². The lowest BCUT2D eigenvalue weighted by molar-refractivity contribution is -0.00478. The molecule has 1 aliphatic rings.